The van der Waals surface area contributed by atoms with Crippen LogP contribution in [0.2, 0.25) is 0 Å². The van der Waals surface area contributed by atoms with E-state index in [4.69, 9.17) is 0 Å². The Kier molecular flexibility index (Phi) is 2.17. The quantitative estimate of drug-likeness (QED) is 0.692. The van der Waals surface area contributed by atoms with Crippen LogP contribution in [0.25, 0.3) is 0 Å². The number of hydrogen-bond acceptors (Lipinski definition) is 1. The highest BCUT2D eigenvalue weighted by Gasteiger charge is 2.11. The number of benzene rings is 2. The Morgan fingerprint density at radius 3 is 2.56 bits per heavy atom. The van der Waals surface area contributed by atoms with Gasteiger partial charge in [-0.3, -0.25) is 0 Å². The van der Waals surface area contributed by atoms with E-state index in [9.17, 15) is 0 Å². The Balaban J connectivity index is 0.00000108. The normalized spacial score (nSPS) is 13.3. The highest BCUT2D eigenvalue weighted by Crippen LogP contribution is 2.30. The topological polar surface area (TPSA) is 12.0 Å². The zero-order valence-corrected chi connectivity index (χ0v) is 9.46. The van der Waals surface area contributed by atoms with E-state index in [1.165, 1.54) is 28.1 Å². The van der Waals surface area contributed by atoms with E-state index >= 15 is 0 Å². The molecule has 0 bridgehead atoms. The zero-order chi connectivity index (χ0) is 11.0. The van der Waals surface area contributed by atoms with E-state index in [1.54, 1.807) is 0 Å². The molecule has 0 aliphatic carbocycles. The summed E-state index contributed by atoms with van der Waals surface area (Å²) in [6.45, 7) is 2.14. The summed E-state index contributed by atoms with van der Waals surface area (Å²) in [7, 11) is 0. The lowest BCUT2D eigenvalue weighted by atomic mass is 10.0. The molecule has 0 aromatic heterocycles. The second-order valence-corrected chi connectivity index (χ2v) is 4.44. The first kappa shape index (κ1) is 9.46. The lowest BCUT2D eigenvalue weighted by molar-refractivity contribution is 0.977. The van der Waals surface area contributed by atoms with Crippen LogP contribution in [0.3, 0.4) is 0 Å². The zero-order valence-electron chi connectivity index (χ0n) is 9.46. The van der Waals surface area contributed by atoms with Crippen molar-refractivity contribution in [3.63, 3.8) is 0 Å². The molecule has 1 aliphatic heterocycles. The fourth-order valence-electron chi connectivity index (χ4n) is 2.30. The van der Waals surface area contributed by atoms with Gasteiger partial charge in [-0.15, -0.1) is 0 Å². The van der Waals surface area contributed by atoms with Gasteiger partial charge >= 0.3 is 0 Å². The standard InChI is InChI=1S/C15H15N.H2/c1-11-6-7-13-9-8-12-4-2-3-5-14(12)16-15(13)10-11;/h2-7,10,16H,8-9H2,1H3;1H. The number of para-hydroxylation sites is 1. The first-order chi connectivity index (χ1) is 7.83. The molecule has 1 heterocycles. The van der Waals surface area contributed by atoms with Crippen LogP contribution in [0.1, 0.15) is 18.1 Å². The van der Waals surface area contributed by atoms with Gasteiger partial charge in [0.2, 0.25) is 0 Å². The monoisotopic (exact) mass is 211 g/mol. The maximum atomic E-state index is 3.54. The van der Waals surface area contributed by atoms with Crippen molar-refractivity contribution in [2.75, 3.05) is 5.32 Å². The largest absolute Gasteiger partial charge is 0.355 e. The number of aryl methyl sites for hydroxylation is 3. The van der Waals surface area contributed by atoms with Gasteiger partial charge in [0.1, 0.15) is 0 Å². The molecule has 1 nitrogen and oxygen atoms in total. The average Bonchev–Trinajstić information content (AvgIpc) is 2.47. The Hall–Kier alpha value is -1.76. The third-order valence-corrected chi connectivity index (χ3v) is 3.22. The van der Waals surface area contributed by atoms with Crippen LogP contribution in [0.5, 0.6) is 0 Å². The number of nitrogens with one attached hydrogen (secondary N) is 1. The molecule has 82 valence electrons. The number of hydrogen-bond donors (Lipinski definition) is 1. The van der Waals surface area contributed by atoms with Gasteiger partial charge < -0.3 is 5.32 Å². The third-order valence-electron chi connectivity index (χ3n) is 3.22. The lowest BCUT2D eigenvalue weighted by Crippen LogP contribution is -1.93. The summed E-state index contributed by atoms with van der Waals surface area (Å²) in [5.41, 5.74) is 6.67. The smallest absolute Gasteiger partial charge is 0.0419 e. The average molecular weight is 211 g/mol. The molecule has 3 rings (SSSR count). The Morgan fingerprint density at radius 1 is 0.938 bits per heavy atom. The molecule has 16 heavy (non-hydrogen) atoms. The van der Waals surface area contributed by atoms with Crippen molar-refractivity contribution in [1.82, 2.24) is 0 Å². The van der Waals surface area contributed by atoms with Crippen LogP contribution in [-0.2, 0) is 12.8 Å². The van der Waals surface area contributed by atoms with Crippen molar-refractivity contribution in [3.8, 4) is 0 Å². The van der Waals surface area contributed by atoms with Crippen molar-refractivity contribution in [2.24, 2.45) is 0 Å². The molecule has 0 amide bonds. The fraction of sp³-hybridized carbons (Fsp3) is 0.200. The molecule has 1 aliphatic rings. The third kappa shape index (κ3) is 1.58. The Labute approximate surface area is 97.6 Å². The molecule has 1 N–H and O–H groups in total. The van der Waals surface area contributed by atoms with Gasteiger partial charge in [0.25, 0.3) is 0 Å². The van der Waals surface area contributed by atoms with Crippen LogP contribution in [0.4, 0.5) is 11.4 Å². The highest BCUT2D eigenvalue weighted by molar-refractivity contribution is 5.68. The van der Waals surface area contributed by atoms with Crippen LogP contribution in [-0.4, -0.2) is 0 Å². The lowest BCUT2D eigenvalue weighted by Gasteiger charge is -2.10. The second kappa shape index (κ2) is 3.67. The number of anilines is 2. The highest BCUT2D eigenvalue weighted by atomic mass is 14.9. The summed E-state index contributed by atoms with van der Waals surface area (Å²) < 4.78 is 0. The van der Waals surface area contributed by atoms with Gasteiger partial charge in [-0.1, -0.05) is 30.3 Å². The fourth-order valence-corrected chi connectivity index (χ4v) is 2.30. The molecule has 2 aromatic carbocycles. The SMILES string of the molecule is Cc1ccc2c(c1)Nc1ccccc1CC2.[HH]. The first-order valence-electron chi connectivity index (χ1n) is 5.77. The van der Waals surface area contributed by atoms with Gasteiger partial charge in [-0.05, 0) is 48.6 Å². The van der Waals surface area contributed by atoms with E-state index in [2.05, 4.69) is 54.7 Å². The van der Waals surface area contributed by atoms with Crippen molar-refractivity contribution in [1.29, 1.82) is 0 Å². The van der Waals surface area contributed by atoms with Crippen molar-refractivity contribution >= 4 is 11.4 Å². The predicted molar refractivity (Wildman–Crippen MR) is 70.4 cm³/mol. The molecular weight excluding hydrogens is 194 g/mol. The minimum absolute atomic E-state index is 0. The summed E-state index contributed by atoms with van der Waals surface area (Å²) in [6, 6.07) is 15.2. The number of fused-ring (bicyclic) bond motifs is 2. The molecule has 0 atom stereocenters. The summed E-state index contributed by atoms with van der Waals surface area (Å²) in [5.74, 6) is 0. The van der Waals surface area contributed by atoms with Crippen molar-refractivity contribution < 1.29 is 1.43 Å². The van der Waals surface area contributed by atoms with Gasteiger partial charge in [-0.2, -0.15) is 0 Å². The Morgan fingerprint density at radius 2 is 1.69 bits per heavy atom. The van der Waals surface area contributed by atoms with Crippen LogP contribution < -0.4 is 5.32 Å². The van der Waals surface area contributed by atoms with Gasteiger partial charge in [0.15, 0.2) is 0 Å². The van der Waals surface area contributed by atoms with E-state index < -0.39 is 0 Å². The molecule has 2 aromatic rings. The molecule has 0 fully saturated rings. The molecule has 0 spiro atoms. The van der Waals surface area contributed by atoms with E-state index in [-0.39, 0.29) is 1.43 Å². The van der Waals surface area contributed by atoms with Gasteiger partial charge in [0, 0.05) is 12.8 Å². The van der Waals surface area contributed by atoms with Crippen LogP contribution in [0.15, 0.2) is 42.5 Å². The molecule has 0 radical (unpaired) electrons. The molecule has 0 saturated carbocycles. The van der Waals surface area contributed by atoms with Gasteiger partial charge in [-0.25, -0.2) is 0 Å². The van der Waals surface area contributed by atoms with E-state index in [0.717, 1.165) is 12.8 Å². The van der Waals surface area contributed by atoms with Crippen molar-refractivity contribution in [2.45, 2.75) is 19.8 Å². The van der Waals surface area contributed by atoms with Crippen LogP contribution in [0, 0.1) is 6.92 Å². The Bertz CT molecular complexity index is 534. The maximum absolute atomic E-state index is 3.54. The summed E-state index contributed by atoms with van der Waals surface area (Å²) in [6.07, 6.45) is 2.25. The predicted octanol–water partition coefficient (Wildman–Crippen LogP) is 4.08. The first-order valence-corrected chi connectivity index (χ1v) is 5.77. The molecule has 0 unspecified atom stereocenters. The maximum Gasteiger partial charge on any atom is 0.0419 e. The van der Waals surface area contributed by atoms with E-state index in [0.29, 0.717) is 0 Å². The van der Waals surface area contributed by atoms with Crippen molar-refractivity contribution in [3.05, 3.63) is 59.2 Å². The minimum atomic E-state index is 0. The minimum Gasteiger partial charge on any atom is -0.355 e. The van der Waals surface area contributed by atoms with Crippen LogP contribution >= 0.6 is 0 Å². The second-order valence-electron chi connectivity index (χ2n) is 4.44. The molecule has 0 saturated heterocycles. The number of rotatable bonds is 0. The summed E-state index contributed by atoms with van der Waals surface area (Å²) in [5, 5.41) is 3.54. The summed E-state index contributed by atoms with van der Waals surface area (Å²) in [4.78, 5) is 0. The summed E-state index contributed by atoms with van der Waals surface area (Å²) >= 11 is 0. The van der Waals surface area contributed by atoms with E-state index in [1.807, 2.05) is 0 Å². The molecule has 1 heteroatoms. The van der Waals surface area contributed by atoms with Gasteiger partial charge in [0.05, 0.1) is 0 Å². The molecular formula is C15H17N.